The summed E-state index contributed by atoms with van der Waals surface area (Å²) in [6, 6.07) is 20.6. The van der Waals surface area contributed by atoms with Gasteiger partial charge in [0.2, 0.25) is 0 Å². The topological polar surface area (TPSA) is 6.48 Å². The summed E-state index contributed by atoms with van der Waals surface area (Å²) in [5, 5.41) is 0. The van der Waals surface area contributed by atoms with Crippen LogP contribution in [0.3, 0.4) is 0 Å². The number of benzene rings is 3. The first-order valence-corrected chi connectivity index (χ1v) is 26.3. The van der Waals surface area contributed by atoms with E-state index in [1.54, 1.807) is 5.57 Å². The Balaban J connectivity index is 0.00000155. The van der Waals surface area contributed by atoms with Gasteiger partial charge in [0.15, 0.2) is 0 Å². The molecule has 53 heavy (non-hydrogen) atoms. The van der Waals surface area contributed by atoms with Crippen molar-refractivity contribution in [2.45, 2.75) is 142 Å². The van der Waals surface area contributed by atoms with E-state index in [0.29, 0.717) is 5.66 Å². The standard InChI is InChI=1S/C47H61N2P.2ClH.Ru/c1-33-29-35(3)45(36(4)30-33)48-27-28-49(46-37(5)31-34(2)32-38(46)6)47(48)44-40(26-25-39-17-10-7-11-18-39)19-16-24-43(44)50(41-20-12-8-13-21-41)42-22-14-9-15-23-42;;;/h7,10-11,17-18,25,29-32,41-43H,8-9,12-16,19-24,27-28H2,1-6H3;2*1H;/q;;;+2/p-2. The van der Waals surface area contributed by atoms with Crippen LogP contribution in [-0.4, -0.2) is 30.1 Å². The van der Waals surface area contributed by atoms with Crippen LogP contribution < -0.4 is 9.80 Å². The first-order chi connectivity index (χ1) is 25.7. The molecule has 0 bridgehead atoms. The van der Waals surface area contributed by atoms with Crippen molar-refractivity contribution in [2.75, 3.05) is 22.9 Å². The van der Waals surface area contributed by atoms with Crippen molar-refractivity contribution in [3.63, 3.8) is 0 Å². The Labute approximate surface area is 338 Å². The number of nitrogens with zero attached hydrogens (tertiary/aromatic N) is 2. The summed E-state index contributed by atoms with van der Waals surface area (Å²) in [7, 11) is 9.54. The number of aryl methyl sites for hydroxylation is 6. The van der Waals surface area contributed by atoms with Gasteiger partial charge in [-0.3, -0.25) is 0 Å². The quantitative estimate of drug-likeness (QED) is 0.138. The van der Waals surface area contributed by atoms with Crippen LogP contribution in [-0.2, 0) is 15.1 Å². The van der Waals surface area contributed by atoms with Crippen LogP contribution in [0.4, 0.5) is 11.4 Å². The van der Waals surface area contributed by atoms with Crippen LogP contribution in [0, 0.1) is 41.5 Å². The van der Waals surface area contributed by atoms with E-state index in [0.717, 1.165) is 30.8 Å². The molecule has 0 amide bonds. The van der Waals surface area contributed by atoms with E-state index in [1.165, 1.54) is 139 Å². The molecule has 0 spiro atoms. The fraction of sp³-hybridized carbons (Fsp3) is 0.511. The monoisotopic (exact) mass is 856 g/mol. The molecule has 3 aromatic carbocycles. The van der Waals surface area contributed by atoms with E-state index in [9.17, 15) is 0 Å². The molecule has 1 saturated heterocycles. The molecule has 3 aromatic rings. The molecule has 0 radical (unpaired) electrons. The Morgan fingerprint density at radius 3 is 1.55 bits per heavy atom. The van der Waals surface area contributed by atoms with Crippen molar-refractivity contribution in [3.05, 3.63) is 116 Å². The van der Waals surface area contributed by atoms with Gasteiger partial charge in [0.05, 0.1) is 0 Å². The Kier molecular flexibility index (Phi) is 14.9. The van der Waals surface area contributed by atoms with Crippen LogP contribution in [0.15, 0.2) is 77.3 Å². The van der Waals surface area contributed by atoms with Gasteiger partial charge < -0.3 is 9.80 Å². The molecule has 2 nitrogen and oxygen atoms in total. The number of rotatable bonds is 6. The molecule has 1 unspecified atom stereocenters. The van der Waals surface area contributed by atoms with E-state index < -0.39 is 0 Å². The summed E-state index contributed by atoms with van der Waals surface area (Å²) >= 11 is -0.346. The second kappa shape index (κ2) is 19.3. The van der Waals surface area contributed by atoms with Gasteiger partial charge in [-0.2, -0.15) is 0 Å². The average molecular weight is 857 g/mol. The van der Waals surface area contributed by atoms with Crippen molar-refractivity contribution in [1.29, 1.82) is 0 Å². The molecule has 0 aromatic heterocycles. The maximum atomic E-state index is 4.85. The molecule has 286 valence electrons. The molecule has 4 fully saturated rings. The second-order valence-electron chi connectivity index (χ2n) is 16.2. The average Bonchev–Trinajstić information content (AvgIpc) is 3.55. The van der Waals surface area contributed by atoms with Crippen molar-refractivity contribution in [3.8, 4) is 0 Å². The first kappa shape index (κ1) is 40.8. The second-order valence-corrected chi connectivity index (χ2v) is 21.8. The summed E-state index contributed by atoms with van der Waals surface area (Å²) in [6.45, 7) is 16.0. The first-order valence-electron chi connectivity index (χ1n) is 20.3. The Bertz CT molecular complexity index is 1670. The minimum atomic E-state index is -0.346. The predicted molar refractivity (Wildman–Crippen MR) is 231 cm³/mol. The molecule has 1 heterocycles. The summed E-state index contributed by atoms with van der Waals surface area (Å²) < 4.78 is 0. The zero-order valence-corrected chi connectivity index (χ0v) is 37.2. The molecule has 6 heteroatoms. The van der Waals surface area contributed by atoms with Gasteiger partial charge in [0.25, 0.3) is 0 Å². The molecule has 0 N–H and O–H groups in total. The van der Waals surface area contributed by atoms with E-state index in [2.05, 4.69) is 118 Å². The van der Waals surface area contributed by atoms with E-state index in [1.807, 2.05) is 0 Å². The summed E-state index contributed by atoms with van der Waals surface area (Å²) in [4.78, 5) is 5.58. The van der Waals surface area contributed by atoms with Crippen LogP contribution >= 0.6 is 27.3 Å². The zero-order valence-electron chi connectivity index (χ0n) is 33.1. The molecule has 3 aliphatic carbocycles. The fourth-order valence-corrected chi connectivity index (χ4v) is 15.0. The number of hydrogen-bond donors (Lipinski definition) is 0. The van der Waals surface area contributed by atoms with E-state index >= 15 is 0 Å². The Hall–Kier alpha value is -1.85. The van der Waals surface area contributed by atoms with E-state index in [-0.39, 0.29) is 23.1 Å². The predicted octanol–water partition coefficient (Wildman–Crippen LogP) is 14.4. The SMILES string of the molecule is Cc1cc(C)c(N2CCN(c3c(C)cc(C)cc3C)C2=C2C(=C=Cc3ccccc3)CCCC2P(C2CCCCC2)C2CCCCC2)c(C)c1.[Cl][Ru][Cl]. The molecule has 4 aliphatic rings. The summed E-state index contributed by atoms with van der Waals surface area (Å²) in [5.41, 5.74) is 22.1. The van der Waals surface area contributed by atoms with Gasteiger partial charge in [-0.15, -0.1) is 5.73 Å². The molecule has 1 aliphatic heterocycles. The Morgan fingerprint density at radius 1 is 0.642 bits per heavy atom. The number of anilines is 2. The molecular weight excluding hydrogens is 795 g/mol. The van der Waals surface area contributed by atoms with Gasteiger partial charge in [0, 0.05) is 41.3 Å². The maximum absolute atomic E-state index is 4.85. The van der Waals surface area contributed by atoms with Crippen molar-refractivity contribution < 1.29 is 15.1 Å². The van der Waals surface area contributed by atoms with Gasteiger partial charge in [-0.1, -0.05) is 112 Å². The van der Waals surface area contributed by atoms with Crippen molar-refractivity contribution in [2.24, 2.45) is 0 Å². The molecule has 7 rings (SSSR count). The minimum absolute atomic E-state index is 0.165. The van der Waals surface area contributed by atoms with Crippen LogP contribution in [0.5, 0.6) is 0 Å². The zero-order chi connectivity index (χ0) is 37.5. The van der Waals surface area contributed by atoms with Gasteiger partial charge >= 0.3 is 34.5 Å². The number of hydrogen-bond acceptors (Lipinski definition) is 2. The van der Waals surface area contributed by atoms with Gasteiger partial charge in [-0.05, 0) is 132 Å². The molecule has 1 atom stereocenters. The third-order valence-corrected chi connectivity index (χ3v) is 16.2. The van der Waals surface area contributed by atoms with Crippen molar-refractivity contribution in [1.82, 2.24) is 0 Å². The fourth-order valence-electron chi connectivity index (χ4n) is 10.4. The molecule has 3 saturated carbocycles. The van der Waals surface area contributed by atoms with Crippen molar-refractivity contribution >= 4 is 44.8 Å². The van der Waals surface area contributed by atoms with Crippen LogP contribution in [0.25, 0.3) is 6.08 Å². The van der Waals surface area contributed by atoms with Gasteiger partial charge in [0.1, 0.15) is 5.82 Å². The number of allylic oxidation sites excluding steroid dienone is 2. The normalized spacial score (nSPS) is 20.2. The van der Waals surface area contributed by atoms with Crippen LogP contribution in [0.1, 0.15) is 122 Å². The number of halogens is 2. The third kappa shape index (κ3) is 9.58. The summed E-state index contributed by atoms with van der Waals surface area (Å²) in [5.74, 6) is 1.49. The van der Waals surface area contributed by atoms with Gasteiger partial charge in [-0.25, -0.2) is 0 Å². The van der Waals surface area contributed by atoms with E-state index in [4.69, 9.17) is 19.4 Å². The third-order valence-electron chi connectivity index (χ3n) is 12.2. The summed E-state index contributed by atoms with van der Waals surface area (Å²) in [6.07, 6.45) is 20.5. The molecular formula is C47H61Cl2N2PRu. The Morgan fingerprint density at radius 2 is 1.09 bits per heavy atom. The van der Waals surface area contributed by atoms with Crippen LogP contribution in [0.2, 0.25) is 0 Å².